The number of amides is 3. The standard InChI is InChI=1S/C21H21N5O3/c1-14-22-7-8-26(14)12-16-4-2-3-15(9-16)11-23-21(28)24-17-5-6-18-19(10-17)29-13-20(27)25-18/h2-10H,11-13H2,1H3,(H,25,27)(H2,23,24,28). The van der Waals surface area contributed by atoms with E-state index < -0.39 is 0 Å². The van der Waals surface area contributed by atoms with Crippen molar-refractivity contribution in [2.24, 2.45) is 0 Å². The lowest BCUT2D eigenvalue weighted by Gasteiger charge is -2.18. The topological polar surface area (TPSA) is 97.3 Å². The van der Waals surface area contributed by atoms with Crippen molar-refractivity contribution in [1.82, 2.24) is 14.9 Å². The monoisotopic (exact) mass is 391 g/mol. The Morgan fingerprint density at radius 2 is 2.10 bits per heavy atom. The lowest BCUT2D eigenvalue weighted by molar-refractivity contribution is -0.118. The fraction of sp³-hybridized carbons (Fsp3) is 0.190. The molecule has 0 unspecified atom stereocenters. The summed E-state index contributed by atoms with van der Waals surface area (Å²) in [6.07, 6.45) is 3.73. The number of anilines is 2. The van der Waals surface area contributed by atoms with Crippen LogP contribution in [0.4, 0.5) is 16.2 Å². The second-order valence-electron chi connectivity index (χ2n) is 6.78. The summed E-state index contributed by atoms with van der Waals surface area (Å²) in [5.41, 5.74) is 3.32. The molecule has 0 bridgehead atoms. The summed E-state index contributed by atoms with van der Waals surface area (Å²) >= 11 is 0. The van der Waals surface area contributed by atoms with Crippen molar-refractivity contribution in [3.8, 4) is 5.75 Å². The zero-order valence-corrected chi connectivity index (χ0v) is 15.9. The minimum Gasteiger partial charge on any atom is -0.482 e. The van der Waals surface area contributed by atoms with Crippen LogP contribution in [0.3, 0.4) is 0 Å². The second-order valence-corrected chi connectivity index (χ2v) is 6.78. The summed E-state index contributed by atoms with van der Waals surface area (Å²) < 4.78 is 7.43. The number of carbonyl (C=O) groups excluding carboxylic acids is 2. The Bertz CT molecular complexity index is 1060. The number of urea groups is 1. The highest BCUT2D eigenvalue weighted by atomic mass is 16.5. The van der Waals surface area contributed by atoms with Gasteiger partial charge in [-0.2, -0.15) is 0 Å². The summed E-state index contributed by atoms with van der Waals surface area (Å²) in [5.74, 6) is 1.30. The van der Waals surface area contributed by atoms with Crippen LogP contribution in [-0.4, -0.2) is 28.1 Å². The van der Waals surface area contributed by atoms with E-state index in [-0.39, 0.29) is 18.5 Å². The van der Waals surface area contributed by atoms with Crippen LogP contribution in [-0.2, 0) is 17.9 Å². The van der Waals surface area contributed by atoms with Gasteiger partial charge in [-0.3, -0.25) is 4.79 Å². The third-order valence-electron chi connectivity index (χ3n) is 4.59. The first-order valence-corrected chi connectivity index (χ1v) is 9.24. The van der Waals surface area contributed by atoms with Gasteiger partial charge < -0.3 is 25.3 Å². The van der Waals surface area contributed by atoms with Gasteiger partial charge in [0.25, 0.3) is 5.91 Å². The molecule has 2 aromatic carbocycles. The predicted octanol–water partition coefficient (Wildman–Crippen LogP) is 2.89. The van der Waals surface area contributed by atoms with Crippen molar-refractivity contribution in [3.63, 3.8) is 0 Å². The molecular formula is C21H21N5O3. The Kier molecular flexibility index (Phi) is 5.15. The Balaban J connectivity index is 1.33. The van der Waals surface area contributed by atoms with E-state index in [0.29, 0.717) is 23.7 Å². The summed E-state index contributed by atoms with van der Waals surface area (Å²) in [5, 5.41) is 8.34. The molecule has 29 heavy (non-hydrogen) atoms. The number of aromatic nitrogens is 2. The number of rotatable bonds is 5. The molecule has 8 nitrogen and oxygen atoms in total. The largest absolute Gasteiger partial charge is 0.482 e. The first-order chi connectivity index (χ1) is 14.1. The molecule has 4 rings (SSSR count). The van der Waals surface area contributed by atoms with E-state index in [0.717, 1.165) is 23.5 Å². The van der Waals surface area contributed by atoms with Gasteiger partial charge in [0.1, 0.15) is 11.6 Å². The van der Waals surface area contributed by atoms with Crippen molar-refractivity contribution in [3.05, 3.63) is 71.8 Å². The molecule has 3 N–H and O–H groups in total. The smallest absolute Gasteiger partial charge is 0.319 e. The Hall–Kier alpha value is -3.81. The van der Waals surface area contributed by atoms with E-state index in [1.165, 1.54) is 0 Å². The molecule has 1 aromatic heterocycles. The van der Waals surface area contributed by atoms with Crippen molar-refractivity contribution in [2.75, 3.05) is 17.2 Å². The molecule has 0 fully saturated rings. The van der Waals surface area contributed by atoms with Crippen molar-refractivity contribution in [1.29, 1.82) is 0 Å². The molecule has 2 heterocycles. The van der Waals surface area contributed by atoms with Gasteiger partial charge in [-0.25, -0.2) is 9.78 Å². The highest BCUT2D eigenvalue weighted by Gasteiger charge is 2.16. The maximum atomic E-state index is 12.2. The molecular weight excluding hydrogens is 370 g/mol. The number of hydrogen-bond acceptors (Lipinski definition) is 4. The molecule has 0 aliphatic carbocycles. The van der Waals surface area contributed by atoms with E-state index in [9.17, 15) is 9.59 Å². The molecule has 0 atom stereocenters. The van der Waals surface area contributed by atoms with Gasteiger partial charge in [0.15, 0.2) is 6.61 Å². The number of nitrogens with one attached hydrogen (secondary N) is 3. The molecule has 1 aliphatic heterocycles. The second kappa shape index (κ2) is 8.05. The average molecular weight is 391 g/mol. The summed E-state index contributed by atoms with van der Waals surface area (Å²) in [6.45, 7) is 3.07. The summed E-state index contributed by atoms with van der Waals surface area (Å²) in [4.78, 5) is 27.8. The summed E-state index contributed by atoms with van der Waals surface area (Å²) in [6, 6.07) is 12.8. The fourth-order valence-electron chi connectivity index (χ4n) is 3.12. The van der Waals surface area contributed by atoms with Crippen molar-refractivity contribution in [2.45, 2.75) is 20.0 Å². The predicted molar refractivity (Wildman–Crippen MR) is 109 cm³/mol. The van der Waals surface area contributed by atoms with Crippen LogP contribution in [0.5, 0.6) is 5.75 Å². The molecule has 0 saturated carbocycles. The lowest BCUT2D eigenvalue weighted by Crippen LogP contribution is -2.28. The molecule has 0 spiro atoms. The number of carbonyl (C=O) groups is 2. The number of ether oxygens (including phenoxy) is 1. The number of imidazole rings is 1. The normalized spacial score (nSPS) is 12.5. The lowest BCUT2D eigenvalue weighted by atomic mass is 10.1. The van der Waals surface area contributed by atoms with Crippen LogP contribution in [0.1, 0.15) is 17.0 Å². The first-order valence-electron chi connectivity index (χ1n) is 9.24. The molecule has 0 saturated heterocycles. The first kappa shape index (κ1) is 18.5. The maximum Gasteiger partial charge on any atom is 0.319 e. The zero-order chi connectivity index (χ0) is 20.2. The number of hydrogen-bond donors (Lipinski definition) is 3. The Labute approximate surface area is 167 Å². The summed E-state index contributed by atoms with van der Waals surface area (Å²) in [7, 11) is 0. The SMILES string of the molecule is Cc1nccn1Cc1cccc(CNC(=O)Nc2ccc3c(c2)OCC(=O)N3)c1. The third kappa shape index (κ3) is 4.55. The maximum absolute atomic E-state index is 12.2. The van der Waals surface area contributed by atoms with E-state index in [1.807, 2.05) is 25.3 Å². The molecule has 8 heteroatoms. The van der Waals surface area contributed by atoms with Crippen LogP contribution in [0.2, 0.25) is 0 Å². The quantitative estimate of drug-likeness (QED) is 0.623. The van der Waals surface area contributed by atoms with E-state index in [4.69, 9.17) is 4.74 Å². The minimum atomic E-state index is -0.319. The van der Waals surface area contributed by atoms with Crippen LogP contribution in [0.15, 0.2) is 54.9 Å². The molecule has 1 aliphatic rings. The van der Waals surface area contributed by atoms with Gasteiger partial charge in [0.2, 0.25) is 0 Å². The van der Waals surface area contributed by atoms with Gasteiger partial charge in [-0.1, -0.05) is 24.3 Å². The molecule has 148 valence electrons. The molecule has 3 aromatic rings. The highest BCUT2D eigenvalue weighted by Crippen LogP contribution is 2.30. The van der Waals surface area contributed by atoms with Crippen molar-refractivity contribution < 1.29 is 14.3 Å². The molecule has 0 radical (unpaired) electrons. The van der Waals surface area contributed by atoms with Crippen LogP contribution < -0.4 is 20.7 Å². The fourth-order valence-corrected chi connectivity index (χ4v) is 3.12. The van der Waals surface area contributed by atoms with Crippen LogP contribution in [0, 0.1) is 6.92 Å². The zero-order valence-electron chi connectivity index (χ0n) is 15.9. The van der Waals surface area contributed by atoms with Gasteiger partial charge in [-0.05, 0) is 30.2 Å². The number of fused-ring (bicyclic) bond motifs is 1. The minimum absolute atomic E-state index is 0.0302. The van der Waals surface area contributed by atoms with E-state index in [1.54, 1.807) is 24.4 Å². The number of nitrogens with zero attached hydrogens (tertiary/aromatic N) is 2. The van der Waals surface area contributed by atoms with Gasteiger partial charge in [0, 0.05) is 37.2 Å². The van der Waals surface area contributed by atoms with Crippen LogP contribution >= 0.6 is 0 Å². The third-order valence-corrected chi connectivity index (χ3v) is 4.59. The Morgan fingerprint density at radius 3 is 2.93 bits per heavy atom. The van der Waals surface area contributed by atoms with Gasteiger partial charge in [-0.15, -0.1) is 0 Å². The Morgan fingerprint density at radius 1 is 1.24 bits per heavy atom. The highest BCUT2D eigenvalue weighted by molar-refractivity contribution is 5.96. The number of benzene rings is 2. The number of aryl methyl sites for hydroxylation is 1. The molecule has 3 amide bonds. The average Bonchev–Trinajstić information content (AvgIpc) is 3.11. The van der Waals surface area contributed by atoms with Gasteiger partial charge >= 0.3 is 6.03 Å². The van der Waals surface area contributed by atoms with E-state index >= 15 is 0 Å². The van der Waals surface area contributed by atoms with Crippen molar-refractivity contribution >= 4 is 23.3 Å². The van der Waals surface area contributed by atoms with Gasteiger partial charge in [0.05, 0.1) is 5.69 Å². The van der Waals surface area contributed by atoms with E-state index in [2.05, 4.69) is 37.6 Å². The van der Waals surface area contributed by atoms with Crippen LogP contribution in [0.25, 0.3) is 0 Å².